The number of thioether (sulfide) groups is 1. The molecule has 0 bridgehead atoms. The molecule has 0 amide bonds. The summed E-state index contributed by atoms with van der Waals surface area (Å²) in [7, 11) is 3.36. The maximum atomic E-state index is 6.26. The molecule has 3 aromatic carbocycles. The molecule has 0 aliphatic heterocycles. The summed E-state index contributed by atoms with van der Waals surface area (Å²) >= 11 is 7.93. The van der Waals surface area contributed by atoms with Crippen LogP contribution in [0.25, 0.3) is 16.7 Å². The first-order chi connectivity index (χ1) is 13.7. The van der Waals surface area contributed by atoms with Gasteiger partial charge in [0.2, 0.25) is 0 Å². The fourth-order valence-corrected chi connectivity index (χ4v) is 4.25. The van der Waals surface area contributed by atoms with Gasteiger partial charge in [0.05, 0.1) is 25.3 Å². The maximum Gasteiger partial charge on any atom is 0.174 e. The van der Waals surface area contributed by atoms with Gasteiger partial charge in [-0.3, -0.25) is 4.57 Å². The first kappa shape index (κ1) is 18.7. The van der Waals surface area contributed by atoms with E-state index >= 15 is 0 Å². The second-order valence-electron chi connectivity index (χ2n) is 6.16. The third kappa shape index (κ3) is 3.68. The largest absolute Gasteiger partial charge is 0.497 e. The van der Waals surface area contributed by atoms with Crippen molar-refractivity contribution in [3.63, 3.8) is 0 Å². The van der Waals surface area contributed by atoms with E-state index in [2.05, 4.69) is 10.6 Å². The van der Waals surface area contributed by atoms with Crippen molar-refractivity contribution in [2.24, 2.45) is 0 Å². The van der Waals surface area contributed by atoms with Crippen molar-refractivity contribution in [1.82, 2.24) is 9.55 Å². The van der Waals surface area contributed by atoms with Gasteiger partial charge >= 0.3 is 0 Å². The molecule has 0 spiro atoms. The van der Waals surface area contributed by atoms with Crippen LogP contribution >= 0.6 is 23.4 Å². The molecule has 4 nitrogen and oxygen atoms in total. The van der Waals surface area contributed by atoms with Gasteiger partial charge in [0.15, 0.2) is 5.16 Å². The van der Waals surface area contributed by atoms with Crippen molar-refractivity contribution in [1.29, 1.82) is 0 Å². The lowest BCUT2D eigenvalue weighted by Gasteiger charge is -2.11. The molecule has 0 aliphatic carbocycles. The first-order valence-corrected chi connectivity index (χ1v) is 10.1. The molecule has 4 aromatic rings. The standard InChI is InChI=1S/C22H19ClN2O2S/c1-26-18-10-8-17(9-11-18)25-20-13-16(23)7-12-19(20)24-22(25)28-14-15-5-3-4-6-21(15)27-2/h3-13H,14H2,1-2H3. The van der Waals surface area contributed by atoms with Gasteiger partial charge in [-0.2, -0.15) is 0 Å². The van der Waals surface area contributed by atoms with E-state index < -0.39 is 0 Å². The molecule has 0 saturated heterocycles. The number of methoxy groups -OCH3 is 2. The maximum absolute atomic E-state index is 6.26. The molecule has 0 N–H and O–H groups in total. The normalized spacial score (nSPS) is 11.0. The van der Waals surface area contributed by atoms with Crippen molar-refractivity contribution in [3.8, 4) is 17.2 Å². The van der Waals surface area contributed by atoms with E-state index in [0.29, 0.717) is 5.02 Å². The van der Waals surface area contributed by atoms with Gasteiger partial charge in [0.25, 0.3) is 0 Å². The predicted molar refractivity (Wildman–Crippen MR) is 115 cm³/mol. The summed E-state index contributed by atoms with van der Waals surface area (Å²) < 4.78 is 12.9. The number of ether oxygens (including phenoxy) is 2. The fraction of sp³-hybridized carbons (Fsp3) is 0.136. The molecule has 0 aliphatic rings. The average molecular weight is 411 g/mol. The molecule has 6 heteroatoms. The minimum atomic E-state index is 0.684. The predicted octanol–water partition coefficient (Wildman–Crippen LogP) is 5.99. The third-order valence-electron chi connectivity index (χ3n) is 4.47. The molecule has 28 heavy (non-hydrogen) atoms. The molecule has 0 fully saturated rings. The molecule has 0 saturated carbocycles. The molecule has 1 heterocycles. The Balaban J connectivity index is 1.76. The second-order valence-corrected chi connectivity index (χ2v) is 7.54. The Bertz CT molecular complexity index is 1110. The highest BCUT2D eigenvalue weighted by Crippen LogP contribution is 2.33. The number of imidazole rings is 1. The quantitative estimate of drug-likeness (QED) is 0.366. The number of nitrogens with zero attached hydrogens (tertiary/aromatic N) is 2. The molecule has 1 aromatic heterocycles. The van der Waals surface area contributed by atoms with Crippen molar-refractivity contribution in [3.05, 3.63) is 77.3 Å². The van der Waals surface area contributed by atoms with Crippen LogP contribution in [0.2, 0.25) is 5.02 Å². The summed E-state index contributed by atoms with van der Waals surface area (Å²) in [5, 5.41) is 1.58. The van der Waals surface area contributed by atoms with E-state index in [1.54, 1.807) is 26.0 Å². The van der Waals surface area contributed by atoms with Gasteiger partial charge < -0.3 is 9.47 Å². The molecule has 0 radical (unpaired) electrons. The third-order valence-corrected chi connectivity index (χ3v) is 5.69. The smallest absolute Gasteiger partial charge is 0.174 e. The Kier molecular flexibility index (Phi) is 5.46. The lowest BCUT2D eigenvalue weighted by molar-refractivity contribution is 0.411. The number of para-hydroxylation sites is 1. The molecule has 4 rings (SSSR count). The van der Waals surface area contributed by atoms with Crippen LogP contribution in [-0.4, -0.2) is 23.8 Å². The van der Waals surface area contributed by atoms with Gasteiger partial charge in [0.1, 0.15) is 11.5 Å². The van der Waals surface area contributed by atoms with E-state index in [1.165, 1.54) is 0 Å². The number of benzene rings is 3. The van der Waals surface area contributed by atoms with Gasteiger partial charge in [-0.05, 0) is 48.5 Å². The summed E-state index contributed by atoms with van der Waals surface area (Å²) in [4.78, 5) is 4.84. The van der Waals surface area contributed by atoms with E-state index in [9.17, 15) is 0 Å². The minimum absolute atomic E-state index is 0.684. The summed E-state index contributed by atoms with van der Waals surface area (Å²) in [6.07, 6.45) is 0. The van der Waals surface area contributed by atoms with Crippen molar-refractivity contribution in [2.75, 3.05) is 14.2 Å². The van der Waals surface area contributed by atoms with Crippen molar-refractivity contribution in [2.45, 2.75) is 10.9 Å². The number of rotatable bonds is 6. The lowest BCUT2D eigenvalue weighted by atomic mass is 10.2. The van der Waals surface area contributed by atoms with Crippen LogP contribution in [0.3, 0.4) is 0 Å². The number of aromatic nitrogens is 2. The zero-order chi connectivity index (χ0) is 19.5. The Hall–Kier alpha value is -2.63. The number of fused-ring (bicyclic) bond motifs is 1. The lowest BCUT2D eigenvalue weighted by Crippen LogP contribution is -1.97. The SMILES string of the molecule is COc1ccc(-n2c(SCc3ccccc3OC)nc3ccc(Cl)cc32)cc1. The monoisotopic (exact) mass is 410 g/mol. The van der Waals surface area contributed by atoms with Crippen LogP contribution in [0, 0.1) is 0 Å². The van der Waals surface area contributed by atoms with E-state index in [1.807, 2.05) is 60.7 Å². The van der Waals surface area contributed by atoms with E-state index in [-0.39, 0.29) is 0 Å². The summed E-state index contributed by atoms with van der Waals surface area (Å²) in [5.74, 6) is 2.44. The highest BCUT2D eigenvalue weighted by molar-refractivity contribution is 7.98. The average Bonchev–Trinajstić information content (AvgIpc) is 3.10. The Morgan fingerprint density at radius 2 is 1.75 bits per heavy atom. The van der Waals surface area contributed by atoms with Crippen LogP contribution in [0.4, 0.5) is 0 Å². The second kappa shape index (κ2) is 8.17. The fourth-order valence-electron chi connectivity index (χ4n) is 3.07. The van der Waals surface area contributed by atoms with E-state index in [4.69, 9.17) is 26.1 Å². The van der Waals surface area contributed by atoms with Crippen LogP contribution in [0.5, 0.6) is 11.5 Å². The molecule has 142 valence electrons. The Morgan fingerprint density at radius 1 is 0.964 bits per heavy atom. The Morgan fingerprint density at radius 3 is 2.50 bits per heavy atom. The summed E-state index contributed by atoms with van der Waals surface area (Å²) in [6, 6.07) is 21.7. The molecule has 0 atom stereocenters. The highest BCUT2D eigenvalue weighted by Gasteiger charge is 2.15. The zero-order valence-corrected chi connectivity index (χ0v) is 17.1. The summed E-state index contributed by atoms with van der Waals surface area (Å²) in [5.41, 5.74) is 4.01. The number of hydrogen-bond donors (Lipinski definition) is 0. The summed E-state index contributed by atoms with van der Waals surface area (Å²) in [6.45, 7) is 0. The van der Waals surface area contributed by atoms with Gasteiger partial charge in [0, 0.05) is 22.0 Å². The topological polar surface area (TPSA) is 36.3 Å². The van der Waals surface area contributed by atoms with Crippen LogP contribution in [-0.2, 0) is 5.75 Å². The van der Waals surface area contributed by atoms with Gasteiger partial charge in [-0.15, -0.1) is 0 Å². The van der Waals surface area contributed by atoms with Crippen LogP contribution in [0.1, 0.15) is 5.56 Å². The Labute approximate surface area is 173 Å². The number of halogens is 1. The molecule has 0 unspecified atom stereocenters. The minimum Gasteiger partial charge on any atom is -0.497 e. The first-order valence-electron chi connectivity index (χ1n) is 8.76. The molecular formula is C22H19ClN2O2S. The van der Waals surface area contributed by atoms with Crippen molar-refractivity contribution >= 4 is 34.4 Å². The zero-order valence-electron chi connectivity index (χ0n) is 15.6. The van der Waals surface area contributed by atoms with Crippen molar-refractivity contribution < 1.29 is 9.47 Å². The molecular weight excluding hydrogens is 392 g/mol. The van der Waals surface area contributed by atoms with Gasteiger partial charge in [-0.25, -0.2) is 4.98 Å². The van der Waals surface area contributed by atoms with Gasteiger partial charge in [-0.1, -0.05) is 41.6 Å². The number of hydrogen-bond acceptors (Lipinski definition) is 4. The van der Waals surface area contributed by atoms with Crippen LogP contribution < -0.4 is 9.47 Å². The van der Waals surface area contributed by atoms with Crippen LogP contribution in [0.15, 0.2) is 71.9 Å². The van der Waals surface area contributed by atoms with E-state index in [0.717, 1.165) is 44.7 Å². The highest BCUT2D eigenvalue weighted by atomic mass is 35.5.